The molecule has 0 amide bonds. The van der Waals surface area contributed by atoms with Gasteiger partial charge in [-0.05, 0) is 30.2 Å². The molecule has 4 heteroatoms. The van der Waals surface area contributed by atoms with Crippen molar-refractivity contribution in [1.82, 2.24) is 0 Å². The molecule has 4 nitrogen and oxygen atoms in total. The fraction of sp³-hybridized carbons (Fsp3) is 0.263. The number of rotatable bonds is 5. The van der Waals surface area contributed by atoms with E-state index in [0.29, 0.717) is 0 Å². The van der Waals surface area contributed by atoms with Gasteiger partial charge in [0.05, 0.1) is 20.3 Å². The van der Waals surface area contributed by atoms with Crippen LogP contribution in [0.5, 0.6) is 5.75 Å². The molecule has 0 radical (unpaired) electrons. The third kappa shape index (κ3) is 3.70. The Bertz CT molecular complexity index is 699. The Balaban J connectivity index is 2.51. The molecule has 0 saturated heterocycles. The highest BCUT2D eigenvalue weighted by Gasteiger charge is 2.32. The molecule has 0 saturated carbocycles. The summed E-state index contributed by atoms with van der Waals surface area (Å²) in [5.74, 6) is -1.10. The molecule has 0 aliphatic carbocycles. The Morgan fingerprint density at radius 3 is 1.96 bits per heavy atom. The number of carbonyl (C=O) groups is 1. The first-order valence-corrected chi connectivity index (χ1v) is 7.28. The minimum absolute atomic E-state index is 0.390. The number of hydrogen-bond donors (Lipinski definition) is 0. The molecule has 2 aromatic carbocycles. The molecular formula is C19H19NO3. The van der Waals surface area contributed by atoms with Gasteiger partial charge < -0.3 is 9.47 Å². The van der Waals surface area contributed by atoms with Crippen LogP contribution in [0.4, 0.5) is 0 Å². The van der Waals surface area contributed by atoms with Gasteiger partial charge in [0.1, 0.15) is 5.75 Å². The number of esters is 1. The van der Waals surface area contributed by atoms with Crippen molar-refractivity contribution in [2.75, 3.05) is 14.2 Å². The number of nitriles is 1. The maximum absolute atomic E-state index is 12.1. The van der Waals surface area contributed by atoms with E-state index >= 15 is 0 Å². The maximum atomic E-state index is 12.1. The summed E-state index contributed by atoms with van der Waals surface area (Å²) in [5, 5.41) is 9.50. The van der Waals surface area contributed by atoms with E-state index in [2.05, 4.69) is 6.07 Å². The zero-order valence-corrected chi connectivity index (χ0v) is 13.4. The SMILES string of the molecule is COC(=O)C(C#N)[C@H](c1ccc(C)cc1)c1ccc(OC)cc1. The third-order valence-electron chi connectivity index (χ3n) is 3.84. The van der Waals surface area contributed by atoms with Gasteiger partial charge >= 0.3 is 5.97 Å². The largest absolute Gasteiger partial charge is 0.497 e. The fourth-order valence-corrected chi connectivity index (χ4v) is 2.55. The van der Waals surface area contributed by atoms with Crippen LogP contribution in [-0.2, 0) is 9.53 Å². The minimum atomic E-state index is -0.906. The van der Waals surface area contributed by atoms with Crippen molar-refractivity contribution >= 4 is 5.97 Å². The van der Waals surface area contributed by atoms with Gasteiger partial charge in [0.2, 0.25) is 0 Å². The van der Waals surface area contributed by atoms with E-state index in [0.717, 1.165) is 22.4 Å². The smallest absolute Gasteiger partial charge is 0.324 e. The normalized spacial score (nSPS) is 12.8. The van der Waals surface area contributed by atoms with Gasteiger partial charge in [-0.2, -0.15) is 5.26 Å². The Morgan fingerprint density at radius 1 is 1.00 bits per heavy atom. The second kappa shape index (κ2) is 7.46. The molecule has 1 unspecified atom stereocenters. The molecule has 23 heavy (non-hydrogen) atoms. The van der Waals surface area contributed by atoms with Gasteiger partial charge in [-0.25, -0.2) is 0 Å². The fourth-order valence-electron chi connectivity index (χ4n) is 2.55. The van der Waals surface area contributed by atoms with Crippen LogP contribution in [-0.4, -0.2) is 20.2 Å². The Hall–Kier alpha value is -2.80. The van der Waals surface area contributed by atoms with Crippen LogP contribution in [0.1, 0.15) is 22.6 Å². The first kappa shape index (κ1) is 16.6. The summed E-state index contributed by atoms with van der Waals surface area (Å²) in [6.07, 6.45) is 0. The number of hydrogen-bond acceptors (Lipinski definition) is 4. The summed E-state index contributed by atoms with van der Waals surface area (Å²) in [5.41, 5.74) is 2.89. The maximum Gasteiger partial charge on any atom is 0.324 e. The van der Waals surface area contributed by atoms with Crippen LogP contribution in [0.3, 0.4) is 0 Å². The summed E-state index contributed by atoms with van der Waals surface area (Å²) in [4.78, 5) is 12.1. The molecule has 0 fully saturated rings. The average Bonchev–Trinajstić information content (AvgIpc) is 2.60. The molecule has 2 atom stereocenters. The lowest BCUT2D eigenvalue weighted by Crippen LogP contribution is -2.23. The lowest BCUT2D eigenvalue weighted by Gasteiger charge is -2.22. The van der Waals surface area contributed by atoms with Crippen molar-refractivity contribution < 1.29 is 14.3 Å². The number of aryl methyl sites for hydroxylation is 1. The lowest BCUT2D eigenvalue weighted by molar-refractivity contribution is -0.143. The molecule has 2 aromatic rings. The van der Waals surface area contributed by atoms with Gasteiger partial charge in [-0.15, -0.1) is 0 Å². The predicted octanol–water partition coefficient (Wildman–Crippen LogP) is 3.45. The number of carbonyl (C=O) groups excluding carboxylic acids is 1. The predicted molar refractivity (Wildman–Crippen MR) is 87.1 cm³/mol. The van der Waals surface area contributed by atoms with E-state index in [1.165, 1.54) is 7.11 Å². The molecular weight excluding hydrogens is 290 g/mol. The second-order valence-corrected chi connectivity index (χ2v) is 5.29. The number of nitrogens with zero attached hydrogens (tertiary/aromatic N) is 1. The molecule has 0 heterocycles. The summed E-state index contributed by atoms with van der Waals surface area (Å²) in [7, 11) is 2.89. The molecule has 118 valence electrons. The number of benzene rings is 2. The standard InChI is InChI=1S/C19H19NO3/c1-13-4-6-14(7-5-13)18(17(12-20)19(21)23-3)15-8-10-16(22-2)11-9-15/h4-11,17-18H,1-3H3/t17?,18-/m1/s1. The molecule has 0 spiro atoms. The van der Waals surface area contributed by atoms with Crippen molar-refractivity contribution in [2.24, 2.45) is 5.92 Å². The number of ether oxygens (including phenoxy) is 2. The van der Waals surface area contributed by atoms with Crippen LogP contribution >= 0.6 is 0 Å². The Labute approximate surface area is 136 Å². The summed E-state index contributed by atoms with van der Waals surface area (Å²) in [6, 6.07) is 17.3. The van der Waals surface area contributed by atoms with Crippen molar-refractivity contribution in [3.8, 4) is 11.8 Å². The van der Waals surface area contributed by atoms with Crippen molar-refractivity contribution in [2.45, 2.75) is 12.8 Å². The van der Waals surface area contributed by atoms with Crippen LogP contribution in [0, 0.1) is 24.2 Å². The first-order valence-electron chi connectivity index (χ1n) is 7.28. The first-order chi connectivity index (χ1) is 11.1. The molecule has 0 aromatic heterocycles. The zero-order valence-electron chi connectivity index (χ0n) is 13.4. The summed E-state index contributed by atoms with van der Waals surface area (Å²) >= 11 is 0. The highest BCUT2D eigenvalue weighted by atomic mass is 16.5. The van der Waals surface area contributed by atoms with Crippen molar-refractivity contribution in [3.63, 3.8) is 0 Å². The number of methoxy groups -OCH3 is 2. The average molecular weight is 309 g/mol. The van der Waals surface area contributed by atoms with Gasteiger partial charge in [0.25, 0.3) is 0 Å². The highest BCUT2D eigenvalue weighted by Crippen LogP contribution is 2.33. The molecule has 0 aliphatic rings. The molecule has 0 aliphatic heterocycles. The topological polar surface area (TPSA) is 59.3 Å². The molecule has 0 bridgehead atoms. The Morgan fingerprint density at radius 2 is 1.52 bits per heavy atom. The van der Waals surface area contributed by atoms with Crippen LogP contribution < -0.4 is 4.74 Å². The van der Waals surface area contributed by atoms with Gasteiger partial charge in [-0.3, -0.25) is 4.79 Å². The minimum Gasteiger partial charge on any atom is -0.497 e. The van der Waals surface area contributed by atoms with Crippen molar-refractivity contribution in [1.29, 1.82) is 5.26 Å². The van der Waals surface area contributed by atoms with Gasteiger partial charge in [-0.1, -0.05) is 42.0 Å². The zero-order chi connectivity index (χ0) is 16.8. The van der Waals surface area contributed by atoms with E-state index in [1.807, 2.05) is 55.5 Å². The van der Waals surface area contributed by atoms with E-state index in [1.54, 1.807) is 7.11 Å². The van der Waals surface area contributed by atoms with Crippen molar-refractivity contribution in [3.05, 3.63) is 65.2 Å². The van der Waals surface area contributed by atoms with Crippen LogP contribution in [0.15, 0.2) is 48.5 Å². The molecule has 0 N–H and O–H groups in total. The Kier molecular flexibility index (Phi) is 5.37. The quantitative estimate of drug-likeness (QED) is 0.794. The molecule has 2 rings (SSSR count). The van der Waals surface area contributed by atoms with E-state index in [4.69, 9.17) is 9.47 Å². The summed E-state index contributed by atoms with van der Waals surface area (Å²) in [6.45, 7) is 1.99. The van der Waals surface area contributed by atoms with E-state index in [9.17, 15) is 10.1 Å². The second-order valence-electron chi connectivity index (χ2n) is 5.29. The monoisotopic (exact) mass is 309 g/mol. The van der Waals surface area contributed by atoms with Crippen LogP contribution in [0.25, 0.3) is 0 Å². The van der Waals surface area contributed by atoms with E-state index in [-0.39, 0.29) is 5.92 Å². The van der Waals surface area contributed by atoms with E-state index < -0.39 is 11.9 Å². The summed E-state index contributed by atoms with van der Waals surface area (Å²) < 4.78 is 9.98. The van der Waals surface area contributed by atoms with Gasteiger partial charge in [0.15, 0.2) is 5.92 Å². The lowest BCUT2D eigenvalue weighted by atomic mass is 9.81. The van der Waals surface area contributed by atoms with Gasteiger partial charge in [0, 0.05) is 5.92 Å². The highest BCUT2D eigenvalue weighted by molar-refractivity contribution is 5.77. The third-order valence-corrected chi connectivity index (χ3v) is 3.84. The van der Waals surface area contributed by atoms with Crippen LogP contribution in [0.2, 0.25) is 0 Å².